The van der Waals surface area contributed by atoms with Gasteiger partial charge in [-0.15, -0.1) is 0 Å². The molecular weight excluding hydrogens is 610 g/mol. The molecule has 6 aliphatic rings. The Morgan fingerprint density at radius 3 is 2.26 bits per heavy atom. The van der Waals surface area contributed by atoms with Crippen LogP contribution in [0, 0.1) is 34.5 Å². The molecule has 2 N–H and O–H groups in total. The van der Waals surface area contributed by atoms with Gasteiger partial charge in [-0.05, 0) is 43.1 Å². The van der Waals surface area contributed by atoms with Crippen LogP contribution in [-0.2, 0) is 33.2 Å². The molecule has 260 valence electrons. The van der Waals surface area contributed by atoms with Crippen molar-refractivity contribution in [3.8, 4) is 5.75 Å². The van der Waals surface area contributed by atoms with Crippen LogP contribution < -0.4 is 4.74 Å². The molecule has 5 aliphatic carbocycles. The van der Waals surface area contributed by atoms with E-state index in [0.29, 0.717) is 37.4 Å². The summed E-state index contributed by atoms with van der Waals surface area (Å²) in [5, 5.41) is 24.8. The van der Waals surface area contributed by atoms with Gasteiger partial charge < -0.3 is 43.4 Å². The fourth-order valence-electron chi connectivity index (χ4n) is 12.4. The number of esters is 2. The summed E-state index contributed by atoms with van der Waals surface area (Å²) in [5.41, 5.74) is -3.89. The molecule has 12 nitrogen and oxygen atoms in total. The Bertz CT molecular complexity index is 1390. The van der Waals surface area contributed by atoms with E-state index in [4.69, 9.17) is 33.2 Å². The van der Waals surface area contributed by atoms with E-state index in [1.807, 2.05) is 0 Å². The van der Waals surface area contributed by atoms with Gasteiger partial charge in [0, 0.05) is 89.4 Å². The second kappa shape index (κ2) is 11.4. The third kappa shape index (κ3) is 4.00. The highest BCUT2D eigenvalue weighted by atomic mass is 16.6. The van der Waals surface area contributed by atoms with Crippen molar-refractivity contribution in [3.05, 3.63) is 29.8 Å². The van der Waals surface area contributed by atoms with Crippen LogP contribution in [0.3, 0.4) is 0 Å². The number of nitrogens with zero attached hydrogens (tertiary/aromatic N) is 1. The lowest BCUT2D eigenvalue weighted by molar-refractivity contribution is -0.300. The maximum Gasteiger partial charge on any atom is 0.338 e. The molecule has 47 heavy (non-hydrogen) atoms. The van der Waals surface area contributed by atoms with Crippen molar-refractivity contribution in [2.24, 2.45) is 34.5 Å². The highest BCUT2D eigenvalue weighted by Crippen LogP contribution is 2.80. The Morgan fingerprint density at radius 1 is 0.979 bits per heavy atom. The maximum atomic E-state index is 13.9. The number of piperidine rings is 1. The lowest BCUT2D eigenvalue weighted by Gasteiger charge is -2.70. The van der Waals surface area contributed by atoms with Crippen LogP contribution in [-0.4, -0.2) is 130 Å². The van der Waals surface area contributed by atoms with Gasteiger partial charge in [-0.25, -0.2) is 4.79 Å². The monoisotopic (exact) mass is 659 g/mol. The predicted octanol–water partition coefficient (Wildman–Crippen LogP) is 1.69. The first-order valence-electron chi connectivity index (χ1n) is 16.7. The van der Waals surface area contributed by atoms with E-state index in [1.54, 1.807) is 52.7 Å². The summed E-state index contributed by atoms with van der Waals surface area (Å²) in [6.45, 7) is 5.04. The van der Waals surface area contributed by atoms with Crippen LogP contribution >= 0.6 is 0 Å². The molecule has 2 unspecified atom stereocenters. The van der Waals surface area contributed by atoms with Crippen LogP contribution in [0.15, 0.2) is 24.3 Å². The van der Waals surface area contributed by atoms with E-state index < -0.39 is 76.3 Å². The Kier molecular flexibility index (Phi) is 8.02. The van der Waals surface area contributed by atoms with E-state index in [1.165, 1.54) is 14.0 Å². The van der Waals surface area contributed by atoms with Crippen LogP contribution in [0.4, 0.5) is 0 Å². The van der Waals surface area contributed by atoms with Crippen molar-refractivity contribution in [1.82, 2.24) is 4.90 Å². The number of hydrogen-bond acceptors (Lipinski definition) is 12. The zero-order chi connectivity index (χ0) is 33.7. The SMILES string of the molecule is CCN1C[C@]2(COC)[C@H](O)C[C@H](OC)[C@@]34[C@@H]5C[C@]6(O)[C@@H](OC)C[C@](OC(C)=O)(C(C(OC)[C@H]23)[C@@H]14)[C@H]5[C@H]6OC(=O)c1ccc(OC)cc1. The van der Waals surface area contributed by atoms with Gasteiger partial charge >= 0.3 is 11.9 Å². The molecular formula is C35H49NO11. The molecule has 1 saturated heterocycles. The third-order valence-electron chi connectivity index (χ3n) is 13.4. The number of likely N-dealkylation sites (tertiary alicyclic amines) is 1. The Morgan fingerprint density at radius 2 is 1.68 bits per heavy atom. The van der Waals surface area contributed by atoms with E-state index in [0.717, 1.165) is 0 Å². The standard InChI is InChI=1S/C35H49NO11/c1-8-36-16-32(17-41-3)22(38)13-23(43-5)35-21-14-33(40)24(44-6)15-34(47-18(2)37,26(29(35)36)27(45-7)28(32)35)25(21)30(33)46-31(39)19-9-11-20(42-4)12-10-19/h9-12,21-30,38,40H,8,13-17H2,1-7H3/t21-,22-,23+,24+,25-,26?,27?,28-,29-,30-,32+,33+,34-,35+/m1/s1. The quantitative estimate of drug-likeness (QED) is 0.353. The lowest BCUT2D eigenvalue weighted by Crippen LogP contribution is -2.79. The minimum Gasteiger partial charge on any atom is -0.497 e. The lowest BCUT2D eigenvalue weighted by atomic mass is 9.42. The van der Waals surface area contributed by atoms with Gasteiger partial charge in [-0.1, -0.05) is 6.92 Å². The van der Waals surface area contributed by atoms with Crippen molar-refractivity contribution >= 4 is 11.9 Å². The van der Waals surface area contributed by atoms with Crippen molar-refractivity contribution in [2.75, 3.05) is 55.2 Å². The number of aliphatic hydroxyl groups is 2. The predicted molar refractivity (Wildman–Crippen MR) is 166 cm³/mol. The Labute approximate surface area is 275 Å². The minimum absolute atomic E-state index is 0.179. The molecule has 6 fully saturated rings. The molecule has 1 heterocycles. The number of hydrogen-bond donors (Lipinski definition) is 2. The Hall–Kier alpha value is -2.32. The van der Waals surface area contributed by atoms with Gasteiger partial charge in [0.2, 0.25) is 0 Å². The van der Waals surface area contributed by atoms with Gasteiger partial charge in [0.1, 0.15) is 23.1 Å². The number of rotatable bonds is 10. The second-order valence-corrected chi connectivity index (χ2v) is 14.7. The first-order chi connectivity index (χ1) is 22.5. The van der Waals surface area contributed by atoms with Crippen LogP contribution in [0.25, 0.3) is 0 Å². The number of fused-ring (bicyclic) bond motifs is 2. The van der Waals surface area contributed by atoms with Crippen LogP contribution in [0.5, 0.6) is 5.75 Å². The zero-order valence-electron chi connectivity index (χ0n) is 28.3. The van der Waals surface area contributed by atoms with Gasteiger partial charge in [-0.3, -0.25) is 9.69 Å². The molecule has 5 saturated carbocycles. The number of benzene rings is 1. The maximum absolute atomic E-state index is 13.9. The van der Waals surface area contributed by atoms with E-state index in [-0.39, 0.29) is 30.7 Å². The summed E-state index contributed by atoms with van der Waals surface area (Å²) in [6.07, 6.45) is -2.70. The fraction of sp³-hybridized carbons (Fsp3) is 0.771. The summed E-state index contributed by atoms with van der Waals surface area (Å²) >= 11 is 0. The number of ether oxygens (including phenoxy) is 7. The summed E-state index contributed by atoms with van der Waals surface area (Å²) in [4.78, 5) is 29.5. The van der Waals surface area contributed by atoms with Gasteiger partial charge in [-0.2, -0.15) is 0 Å². The molecule has 1 aromatic carbocycles. The third-order valence-corrected chi connectivity index (χ3v) is 13.4. The average molecular weight is 660 g/mol. The van der Waals surface area contributed by atoms with Gasteiger partial charge in [0.15, 0.2) is 0 Å². The summed E-state index contributed by atoms with van der Waals surface area (Å²) in [7, 11) is 8.11. The molecule has 12 heteroatoms. The molecule has 1 aromatic rings. The molecule has 1 aliphatic heterocycles. The molecule has 0 aromatic heterocycles. The van der Waals surface area contributed by atoms with Crippen molar-refractivity contribution in [2.45, 2.75) is 80.9 Å². The molecule has 14 atom stereocenters. The first kappa shape index (κ1) is 33.2. The van der Waals surface area contributed by atoms with Crippen molar-refractivity contribution < 1.29 is 53.0 Å². The number of aliphatic hydroxyl groups excluding tert-OH is 1. The van der Waals surface area contributed by atoms with E-state index >= 15 is 0 Å². The second-order valence-electron chi connectivity index (χ2n) is 14.7. The average Bonchev–Trinajstić information content (AvgIpc) is 3.43. The van der Waals surface area contributed by atoms with Crippen molar-refractivity contribution in [1.29, 1.82) is 0 Å². The molecule has 7 bridgehead atoms. The number of carbonyl (C=O) groups is 2. The number of methoxy groups -OCH3 is 5. The van der Waals surface area contributed by atoms with Crippen LogP contribution in [0.1, 0.15) is 43.5 Å². The topological polar surface area (TPSA) is 142 Å². The number of carbonyl (C=O) groups excluding carboxylic acids is 2. The molecule has 1 spiro atoms. The summed E-state index contributed by atoms with van der Waals surface area (Å²) in [5.74, 6) is -2.10. The molecule has 0 amide bonds. The zero-order valence-corrected chi connectivity index (χ0v) is 28.3. The highest BCUT2D eigenvalue weighted by Gasteiger charge is 2.90. The summed E-state index contributed by atoms with van der Waals surface area (Å²) < 4.78 is 43.2. The van der Waals surface area contributed by atoms with Crippen molar-refractivity contribution in [3.63, 3.8) is 0 Å². The van der Waals surface area contributed by atoms with Crippen LogP contribution in [0.2, 0.25) is 0 Å². The largest absolute Gasteiger partial charge is 0.497 e. The van der Waals surface area contributed by atoms with Gasteiger partial charge in [0.05, 0.1) is 43.7 Å². The van der Waals surface area contributed by atoms with E-state index in [2.05, 4.69) is 11.8 Å². The minimum atomic E-state index is -1.58. The fourth-order valence-corrected chi connectivity index (χ4v) is 12.4. The van der Waals surface area contributed by atoms with Gasteiger partial charge in [0.25, 0.3) is 0 Å². The molecule has 7 rings (SSSR count). The van der Waals surface area contributed by atoms with E-state index in [9.17, 15) is 19.8 Å². The normalized spacial score (nSPS) is 47.4. The Balaban J connectivity index is 1.47. The summed E-state index contributed by atoms with van der Waals surface area (Å²) in [6, 6.07) is 6.44. The smallest absolute Gasteiger partial charge is 0.338 e. The first-order valence-corrected chi connectivity index (χ1v) is 16.7. The highest BCUT2D eigenvalue weighted by molar-refractivity contribution is 5.89. The molecule has 0 radical (unpaired) electrons.